The topological polar surface area (TPSA) is 37.8 Å². The van der Waals surface area contributed by atoms with Crippen molar-refractivity contribution in [3.05, 3.63) is 52.4 Å². The van der Waals surface area contributed by atoms with Crippen LogP contribution in [0.2, 0.25) is 5.15 Å². The molecular formula is C16H18ClN3. The van der Waals surface area contributed by atoms with E-state index >= 15 is 0 Å². The van der Waals surface area contributed by atoms with Crippen molar-refractivity contribution in [1.29, 1.82) is 0 Å². The minimum absolute atomic E-state index is 0.396. The molecule has 3 nitrogen and oxygen atoms in total. The van der Waals surface area contributed by atoms with Gasteiger partial charge in [0.1, 0.15) is 16.8 Å². The van der Waals surface area contributed by atoms with Crippen LogP contribution in [0.25, 0.3) is 0 Å². The maximum Gasteiger partial charge on any atom is 0.134 e. The van der Waals surface area contributed by atoms with E-state index < -0.39 is 0 Å². The fraction of sp³-hybridized carbons (Fsp3) is 0.375. The van der Waals surface area contributed by atoms with Gasteiger partial charge in [0, 0.05) is 18.5 Å². The van der Waals surface area contributed by atoms with Crippen LogP contribution in [-0.2, 0) is 19.3 Å². The number of halogens is 1. The Hall–Kier alpha value is -1.61. The van der Waals surface area contributed by atoms with Gasteiger partial charge in [0.05, 0.1) is 0 Å². The van der Waals surface area contributed by atoms with Gasteiger partial charge in [-0.3, -0.25) is 0 Å². The van der Waals surface area contributed by atoms with Crippen molar-refractivity contribution in [1.82, 2.24) is 9.97 Å². The van der Waals surface area contributed by atoms with E-state index in [1.54, 1.807) is 0 Å². The van der Waals surface area contributed by atoms with Gasteiger partial charge in [0.15, 0.2) is 0 Å². The maximum absolute atomic E-state index is 6.07. The number of hydrogen-bond acceptors (Lipinski definition) is 3. The zero-order valence-electron chi connectivity index (χ0n) is 11.6. The summed E-state index contributed by atoms with van der Waals surface area (Å²) in [5.74, 6) is 1.66. The fourth-order valence-electron chi connectivity index (χ4n) is 2.74. The number of aryl methyl sites for hydroxylation is 1. The van der Waals surface area contributed by atoms with Crippen LogP contribution in [0.3, 0.4) is 0 Å². The van der Waals surface area contributed by atoms with Crippen molar-refractivity contribution >= 4 is 17.4 Å². The lowest BCUT2D eigenvalue weighted by Gasteiger charge is -2.13. The lowest BCUT2D eigenvalue weighted by Crippen LogP contribution is -2.20. The first-order valence-electron chi connectivity index (χ1n) is 7.11. The van der Waals surface area contributed by atoms with Gasteiger partial charge in [-0.15, -0.1) is 0 Å². The van der Waals surface area contributed by atoms with Gasteiger partial charge < -0.3 is 5.32 Å². The molecule has 0 fully saturated rings. The second kappa shape index (κ2) is 5.80. The highest BCUT2D eigenvalue weighted by molar-refractivity contribution is 6.29. The van der Waals surface area contributed by atoms with E-state index in [0.717, 1.165) is 37.3 Å². The monoisotopic (exact) mass is 287 g/mol. The van der Waals surface area contributed by atoms with Crippen molar-refractivity contribution < 1.29 is 0 Å². The Morgan fingerprint density at radius 1 is 1.20 bits per heavy atom. The summed E-state index contributed by atoms with van der Waals surface area (Å²) in [6.45, 7) is 2.12. The molecule has 1 heterocycles. The van der Waals surface area contributed by atoms with Gasteiger partial charge in [-0.2, -0.15) is 0 Å². The van der Waals surface area contributed by atoms with E-state index in [1.807, 2.05) is 6.07 Å². The number of fused-ring (bicyclic) bond motifs is 1. The second-order valence-corrected chi connectivity index (χ2v) is 5.65. The first-order chi connectivity index (χ1) is 9.74. The average Bonchev–Trinajstić information content (AvgIpc) is 2.80. The summed E-state index contributed by atoms with van der Waals surface area (Å²) in [5.41, 5.74) is 2.86. The number of hydrogen-bond donors (Lipinski definition) is 1. The predicted molar refractivity (Wildman–Crippen MR) is 82.3 cm³/mol. The highest BCUT2D eigenvalue weighted by Crippen LogP contribution is 2.24. The average molecular weight is 288 g/mol. The lowest BCUT2D eigenvalue weighted by molar-refractivity contribution is 0.760. The molecule has 20 heavy (non-hydrogen) atoms. The number of rotatable bonds is 4. The smallest absolute Gasteiger partial charge is 0.134 e. The fourth-order valence-corrected chi connectivity index (χ4v) is 2.95. The molecule has 1 aliphatic carbocycles. The molecule has 0 bridgehead atoms. The molecule has 1 aliphatic rings. The first kappa shape index (κ1) is 13.4. The van der Waals surface area contributed by atoms with Crippen LogP contribution >= 0.6 is 11.6 Å². The number of nitrogens with zero attached hydrogens (tertiary/aromatic N) is 2. The molecule has 1 aromatic heterocycles. The van der Waals surface area contributed by atoms with Crippen LogP contribution in [0.15, 0.2) is 30.3 Å². The molecule has 1 N–H and O–H groups in total. The van der Waals surface area contributed by atoms with Gasteiger partial charge >= 0.3 is 0 Å². The Morgan fingerprint density at radius 2 is 1.90 bits per heavy atom. The van der Waals surface area contributed by atoms with Crippen LogP contribution in [0.1, 0.15) is 30.3 Å². The molecule has 4 heteroatoms. The van der Waals surface area contributed by atoms with Crippen LogP contribution in [0.5, 0.6) is 0 Å². The molecule has 0 aliphatic heterocycles. The quantitative estimate of drug-likeness (QED) is 0.872. The Morgan fingerprint density at radius 3 is 2.55 bits per heavy atom. The van der Waals surface area contributed by atoms with E-state index in [0.29, 0.717) is 11.2 Å². The summed E-state index contributed by atoms with van der Waals surface area (Å²) >= 11 is 6.07. The standard InChI is InChI=1S/C16H18ClN3/c1-2-5-15-19-14(17)10-16(20-15)18-13-8-11-6-3-4-7-12(11)9-13/h3-4,6-7,10,13H,2,5,8-9H2,1H3,(H,18,19,20). The SMILES string of the molecule is CCCc1nc(Cl)cc(NC2Cc3ccccc3C2)n1. The Kier molecular flexibility index (Phi) is 3.88. The molecular weight excluding hydrogens is 270 g/mol. The number of nitrogens with one attached hydrogen (secondary N) is 1. The number of anilines is 1. The highest BCUT2D eigenvalue weighted by atomic mass is 35.5. The zero-order chi connectivity index (χ0) is 13.9. The zero-order valence-corrected chi connectivity index (χ0v) is 12.3. The van der Waals surface area contributed by atoms with Gasteiger partial charge in [-0.1, -0.05) is 42.8 Å². The maximum atomic E-state index is 6.07. The van der Waals surface area contributed by atoms with E-state index in [1.165, 1.54) is 11.1 Å². The second-order valence-electron chi connectivity index (χ2n) is 5.26. The molecule has 0 saturated carbocycles. The highest BCUT2D eigenvalue weighted by Gasteiger charge is 2.21. The van der Waals surface area contributed by atoms with Crippen molar-refractivity contribution in [3.63, 3.8) is 0 Å². The molecule has 0 radical (unpaired) electrons. The summed E-state index contributed by atoms with van der Waals surface area (Å²) in [4.78, 5) is 8.79. The van der Waals surface area contributed by atoms with Gasteiger partial charge in [0.2, 0.25) is 0 Å². The molecule has 104 valence electrons. The van der Waals surface area contributed by atoms with Gasteiger partial charge in [0.25, 0.3) is 0 Å². The molecule has 0 atom stereocenters. The summed E-state index contributed by atoms with van der Waals surface area (Å²) in [6, 6.07) is 10.8. The van der Waals surface area contributed by atoms with Crippen LogP contribution in [-0.4, -0.2) is 16.0 Å². The molecule has 0 amide bonds. The summed E-state index contributed by atoms with van der Waals surface area (Å²) in [7, 11) is 0. The van der Waals surface area contributed by atoms with E-state index in [-0.39, 0.29) is 0 Å². The van der Waals surface area contributed by atoms with Crippen molar-refractivity contribution in [3.8, 4) is 0 Å². The number of benzene rings is 1. The Bertz CT molecular complexity index is 587. The number of aromatic nitrogens is 2. The molecule has 1 aromatic carbocycles. The van der Waals surface area contributed by atoms with E-state index in [2.05, 4.69) is 46.5 Å². The van der Waals surface area contributed by atoms with Crippen molar-refractivity contribution in [2.24, 2.45) is 0 Å². The first-order valence-corrected chi connectivity index (χ1v) is 7.49. The minimum atomic E-state index is 0.396. The van der Waals surface area contributed by atoms with Crippen LogP contribution < -0.4 is 5.32 Å². The summed E-state index contributed by atoms with van der Waals surface area (Å²) < 4.78 is 0. The van der Waals surface area contributed by atoms with Crippen LogP contribution in [0, 0.1) is 0 Å². The van der Waals surface area contributed by atoms with Crippen molar-refractivity contribution in [2.45, 2.75) is 38.6 Å². The predicted octanol–water partition coefficient (Wildman–Crippen LogP) is 3.66. The molecule has 0 saturated heterocycles. The molecule has 0 unspecified atom stereocenters. The van der Waals surface area contributed by atoms with Crippen LogP contribution in [0.4, 0.5) is 5.82 Å². The molecule has 0 spiro atoms. The van der Waals surface area contributed by atoms with E-state index in [4.69, 9.17) is 11.6 Å². The molecule has 3 rings (SSSR count). The largest absolute Gasteiger partial charge is 0.367 e. The third-order valence-corrected chi connectivity index (χ3v) is 3.81. The Balaban J connectivity index is 1.73. The Labute approximate surface area is 124 Å². The third-order valence-electron chi connectivity index (χ3n) is 3.62. The van der Waals surface area contributed by atoms with Crippen molar-refractivity contribution in [2.75, 3.05) is 5.32 Å². The summed E-state index contributed by atoms with van der Waals surface area (Å²) in [6.07, 6.45) is 3.97. The lowest BCUT2D eigenvalue weighted by atomic mass is 10.1. The van der Waals surface area contributed by atoms with E-state index in [9.17, 15) is 0 Å². The third kappa shape index (κ3) is 2.93. The van der Waals surface area contributed by atoms with Gasteiger partial charge in [-0.05, 0) is 30.4 Å². The minimum Gasteiger partial charge on any atom is -0.367 e. The summed E-state index contributed by atoms with van der Waals surface area (Å²) in [5, 5.41) is 4.01. The molecule has 2 aromatic rings. The van der Waals surface area contributed by atoms with Gasteiger partial charge in [-0.25, -0.2) is 9.97 Å². The normalized spacial score (nSPS) is 14.3.